The zero-order chi connectivity index (χ0) is 14.6. The standard InChI is InChI=1S/C17H27FN2/c1-17(2,3)19-12-15-8-10-20(13-15)9-7-14-5-4-6-16(18)11-14/h4-6,11,15,19H,7-10,12-13H2,1-3H3. The summed E-state index contributed by atoms with van der Waals surface area (Å²) < 4.78 is 13.1. The number of hydrogen-bond acceptors (Lipinski definition) is 2. The average molecular weight is 278 g/mol. The van der Waals surface area contributed by atoms with E-state index in [-0.39, 0.29) is 11.4 Å². The minimum Gasteiger partial charge on any atom is -0.312 e. The van der Waals surface area contributed by atoms with Gasteiger partial charge in [-0.1, -0.05) is 12.1 Å². The van der Waals surface area contributed by atoms with Gasteiger partial charge in [0.1, 0.15) is 5.82 Å². The lowest BCUT2D eigenvalue weighted by Gasteiger charge is -2.23. The fourth-order valence-corrected chi connectivity index (χ4v) is 2.71. The van der Waals surface area contributed by atoms with Gasteiger partial charge in [0.15, 0.2) is 0 Å². The zero-order valence-electron chi connectivity index (χ0n) is 13.0. The fraction of sp³-hybridized carbons (Fsp3) is 0.647. The summed E-state index contributed by atoms with van der Waals surface area (Å²) in [6.45, 7) is 11.1. The average Bonchev–Trinajstić information content (AvgIpc) is 2.81. The van der Waals surface area contributed by atoms with Crippen LogP contribution in [0, 0.1) is 11.7 Å². The maximum Gasteiger partial charge on any atom is 0.123 e. The van der Waals surface area contributed by atoms with E-state index in [9.17, 15) is 4.39 Å². The highest BCUT2D eigenvalue weighted by Crippen LogP contribution is 2.17. The first kappa shape index (κ1) is 15.5. The Labute approximate surface area is 122 Å². The summed E-state index contributed by atoms with van der Waals surface area (Å²) in [6.07, 6.45) is 2.21. The molecule has 0 bridgehead atoms. The largest absolute Gasteiger partial charge is 0.312 e. The Bertz CT molecular complexity index is 425. The minimum absolute atomic E-state index is 0.129. The van der Waals surface area contributed by atoms with E-state index in [0.29, 0.717) is 0 Å². The molecule has 0 spiro atoms. The van der Waals surface area contributed by atoms with Crippen molar-refractivity contribution in [1.29, 1.82) is 0 Å². The van der Waals surface area contributed by atoms with Gasteiger partial charge in [0.05, 0.1) is 0 Å². The maximum absolute atomic E-state index is 13.1. The lowest BCUT2D eigenvalue weighted by atomic mass is 10.1. The van der Waals surface area contributed by atoms with Gasteiger partial charge < -0.3 is 10.2 Å². The van der Waals surface area contributed by atoms with Crippen molar-refractivity contribution in [3.05, 3.63) is 35.6 Å². The van der Waals surface area contributed by atoms with Gasteiger partial charge in [-0.05, 0) is 70.3 Å². The monoisotopic (exact) mass is 278 g/mol. The molecule has 0 saturated carbocycles. The van der Waals surface area contributed by atoms with E-state index in [2.05, 4.69) is 31.0 Å². The van der Waals surface area contributed by atoms with E-state index >= 15 is 0 Å². The fourth-order valence-electron chi connectivity index (χ4n) is 2.71. The van der Waals surface area contributed by atoms with Crippen LogP contribution >= 0.6 is 0 Å². The third-order valence-corrected chi connectivity index (χ3v) is 3.90. The number of nitrogens with zero attached hydrogens (tertiary/aromatic N) is 1. The topological polar surface area (TPSA) is 15.3 Å². The highest BCUT2D eigenvalue weighted by molar-refractivity contribution is 5.16. The number of nitrogens with one attached hydrogen (secondary N) is 1. The first-order valence-corrected chi connectivity index (χ1v) is 7.64. The second-order valence-corrected chi connectivity index (χ2v) is 6.97. The molecule has 2 rings (SSSR count). The van der Waals surface area contributed by atoms with Crippen molar-refractivity contribution in [2.45, 2.75) is 39.2 Å². The SMILES string of the molecule is CC(C)(C)NCC1CCN(CCc2cccc(F)c2)C1. The van der Waals surface area contributed by atoms with Crippen molar-refractivity contribution < 1.29 is 4.39 Å². The van der Waals surface area contributed by atoms with Crippen LogP contribution in [0.2, 0.25) is 0 Å². The molecule has 1 unspecified atom stereocenters. The van der Waals surface area contributed by atoms with Crippen LogP contribution in [0.5, 0.6) is 0 Å². The predicted molar refractivity (Wildman–Crippen MR) is 82.4 cm³/mol. The molecule has 1 aromatic carbocycles. The normalized spacial score (nSPS) is 20.5. The summed E-state index contributed by atoms with van der Waals surface area (Å²) in [5.41, 5.74) is 1.30. The van der Waals surface area contributed by atoms with Crippen molar-refractivity contribution >= 4 is 0 Å². The van der Waals surface area contributed by atoms with Crippen molar-refractivity contribution in [2.75, 3.05) is 26.2 Å². The summed E-state index contributed by atoms with van der Waals surface area (Å²) in [4.78, 5) is 2.50. The van der Waals surface area contributed by atoms with E-state index in [1.54, 1.807) is 12.1 Å². The molecule has 0 aromatic heterocycles. The van der Waals surface area contributed by atoms with Crippen LogP contribution in [0.15, 0.2) is 24.3 Å². The Hall–Kier alpha value is -0.930. The first-order valence-electron chi connectivity index (χ1n) is 7.64. The Morgan fingerprint density at radius 2 is 2.15 bits per heavy atom. The Morgan fingerprint density at radius 3 is 2.85 bits per heavy atom. The number of likely N-dealkylation sites (tertiary alicyclic amines) is 1. The molecule has 1 aliphatic rings. The summed E-state index contributed by atoms with van der Waals surface area (Å²) in [5, 5.41) is 3.59. The van der Waals surface area contributed by atoms with Gasteiger partial charge in [0.2, 0.25) is 0 Å². The van der Waals surface area contributed by atoms with Gasteiger partial charge in [-0.25, -0.2) is 4.39 Å². The molecule has 1 N–H and O–H groups in total. The molecule has 0 amide bonds. The molecule has 2 nitrogen and oxygen atoms in total. The van der Waals surface area contributed by atoms with E-state index in [0.717, 1.165) is 31.0 Å². The Morgan fingerprint density at radius 1 is 1.35 bits per heavy atom. The predicted octanol–water partition coefficient (Wildman–Crippen LogP) is 3.08. The van der Waals surface area contributed by atoms with Crippen molar-refractivity contribution in [2.24, 2.45) is 5.92 Å². The van der Waals surface area contributed by atoms with Crippen LogP contribution in [0.25, 0.3) is 0 Å². The molecule has 0 radical (unpaired) electrons. The molecule has 1 fully saturated rings. The highest BCUT2D eigenvalue weighted by Gasteiger charge is 2.23. The van der Waals surface area contributed by atoms with Crippen LogP contribution < -0.4 is 5.32 Å². The second kappa shape index (κ2) is 6.68. The van der Waals surface area contributed by atoms with Crippen LogP contribution in [0.1, 0.15) is 32.8 Å². The number of hydrogen-bond donors (Lipinski definition) is 1. The van der Waals surface area contributed by atoms with Gasteiger partial charge in [0, 0.05) is 18.6 Å². The molecular weight excluding hydrogens is 251 g/mol. The van der Waals surface area contributed by atoms with Crippen LogP contribution in [0.4, 0.5) is 4.39 Å². The molecule has 1 aromatic rings. The number of rotatable bonds is 5. The summed E-state index contributed by atoms with van der Waals surface area (Å²) in [7, 11) is 0. The van der Waals surface area contributed by atoms with Crippen LogP contribution in [-0.4, -0.2) is 36.6 Å². The third kappa shape index (κ3) is 5.22. The summed E-state index contributed by atoms with van der Waals surface area (Å²) in [6, 6.07) is 6.96. The Kier molecular flexibility index (Phi) is 5.17. The van der Waals surface area contributed by atoms with Gasteiger partial charge in [0.25, 0.3) is 0 Å². The summed E-state index contributed by atoms with van der Waals surface area (Å²) >= 11 is 0. The first-order chi connectivity index (χ1) is 9.42. The zero-order valence-corrected chi connectivity index (χ0v) is 13.0. The van der Waals surface area contributed by atoms with E-state index in [1.165, 1.54) is 25.6 Å². The number of benzene rings is 1. The molecule has 1 heterocycles. The number of halogens is 1. The van der Waals surface area contributed by atoms with Gasteiger partial charge >= 0.3 is 0 Å². The maximum atomic E-state index is 13.1. The molecule has 1 atom stereocenters. The molecule has 0 aliphatic carbocycles. The summed E-state index contributed by atoms with van der Waals surface area (Å²) in [5.74, 6) is 0.623. The molecule has 1 saturated heterocycles. The van der Waals surface area contributed by atoms with Gasteiger partial charge in [-0.3, -0.25) is 0 Å². The van der Waals surface area contributed by atoms with Crippen molar-refractivity contribution in [3.63, 3.8) is 0 Å². The lowest BCUT2D eigenvalue weighted by molar-refractivity contribution is 0.314. The van der Waals surface area contributed by atoms with Crippen LogP contribution in [-0.2, 0) is 6.42 Å². The lowest BCUT2D eigenvalue weighted by Crippen LogP contribution is -2.39. The quantitative estimate of drug-likeness (QED) is 0.890. The molecule has 3 heteroatoms. The van der Waals surface area contributed by atoms with Crippen molar-refractivity contribution in [1.82, 2.24) is 10.2 Å². The molecule has 112 valence electrons. The van der Waals surface area contributed by atoms with Crippen LogP contribution in [0.3, 0.4) is 0 Å². The van der Waals surface area contributed by atoms with E-state index in [1.807, 2.05) is 6.07 Å². The van der Waals surface area contributed by atoms with E-state index < -0.39 is 0 Å². The highest BCUT2D eigenvalue weighted by atomic mass is 19.1. The smallest absolute Gasteiger partial charge is 0.123 e. The van der Waals surface area contributed by atoms with Gasteiger partial charge in [-0.15, -0.1) is 0 Å². The van der Waals surface area contributed by atoms with E-state index in [4.69, 9.17) is 0 Å². The Balaban J connectivity index is 1.71. The van der Waals surface area contributed by atoms with Crippen molar-refractivity contribution in [3.8, 4) is 0 Å². The third-order valence-electron chi connectivity index (χ3n) is 3.90. The second-order valence-electron chi connectivity index (χ2n) is 6.97. The molecule has 1 aliphatic heterocycles. The molecular formula is C17H27FN2. The molecule has 20 heavy (non-hydrogen) atoms. The minimum atomic E-state index is -0.129. The van der Waals surface area contributed by atoms with Gasteiger partial charge in [-0.2, -0.15) is 0 Å².